The SMILES string of the molecule is CCCCNN.CCCCNN.O=C(O)CC(O)C(=O)O. The first-order chi connectivity index (χ1) is 9.87. The van der Waals surface area contributed by atoms with Gasteiger partial charge in [0.05, 0.1) is 6.42 Å². The van der Waals surface area contributed by atoms with E-state index in [9.17, 15) is 9.59 Å². The summed E-state index contributed by atoms with van der Waals surface area (Å²) in [5.41, 5.74) is 5.14. The van der Waals surface area contributed by atoms with E-state index in [2.05, 4.69) is 24.7 Å². The fourth-order valence-corrected chi connectivity index (χ4v) is 0.810. The van der Waals surface area contributed by atoms with Crippen LogP contribution in [0.15, 0.2) is 0 Å². The van der Waals surface area contributed by atoms with E-state index < -0.39 is 24.5 Å². The molecular weight excluding hydrogens is 280 g/mol. The maximum Gasteiger partial charge on any atom is 0.333 e. The summed E-state index contributed by atoms with van der Waals surface area (Å²) in [4.78, 5) is 19.4. The van der Waals surface area contributed by atoms with Gasteiger partial charge in [0.25, 0.3) is 0 Å². The van der Waals surface area contributed by atoms with E-state index in [-0.39, 0.29) is 0 Å². The van der Waals surface area contributed by atoms with Crippen LogP contribution in [-0.4, -0.2) is 46.5 Å². The highest BCUT2D eigenvalue weighted by Gasteiger charge is 2.16. The second-order valence-electron chi connectivity index (χ2n) is 4.07. The standard InChI is InChI=1S/2C4H12N2.C4H6O5/c2*1-2-3-4-6-5;5-2(4(8)9)1-3(6)7/h2*6H,2-5H2,1H3;2,5H,1H2,(H,6,7)(H,8,9). The van der Waals surface area contributed by atoms with Gasteiger partial charge in [-0.1, -0.05) is 26.7 Å². The molecule has 128 valence electrons. The van der Waals surface area contributed by atoms with Crippen molar-refractivity contribution in [3.8, 4) is 0 Å². The molecule has 0 heterocycles. The van der Waals surface area contributed by atoms with Gasteiger partial charge >= 0.3 is 11.9 Å². The van der Waals surface area contributed by atoms with E-state index in [4.69, 9.17) is 27.0 Å². The average molecular weight is 310 g/mol. The van der Waals surface area contributed by atoms with E-state index in [1.807, 2.05) is 0 Å². The Hall–Kier alpha value is -1.26. The van der Waals surface area contributed by atoms with E-state index in [1.54, 1.807) is 0 Å². The molecule has 0 aliphatic rings. The highest BCUT2D eigenvalue weighted by atomic mass is 16.4. The number of aliphatic hydroxyl groups is 1. The molecule has 0 aromatic carbocycles. The van der Waals surface area contributed by atoms with Crippen molar-refractivity contribution >= 4 is 11.9 Å². The lowest BCUT2D eigenvalue weighted by atomic mass is 10.3. The number of nitrogens with two attached hydrogens (primary N) is 2. The molecule has 9 N–H and O–H groups in total. The average Bonchev–Trinajstić information content (AvgIpc) is 2.43. The van der Waals surface area contributed by atoms with Gasteiger partial charge in [0, 0.05) is 13.1 Å². The lowest BCUT2D eigenvalue weighted by molar-refractivity contribution is -0.152. The minimum absolute atomic E-state index is 0.755. The molecule has 0 saturated carbocycles. The molecule has 0 rings (SSSR count). The maximum atomic E-state index is 9.72. The predicted octanol–water partition coefficient (Wildman–Crippen LogP) is -0.594. The van der Waals surface area contributed by atoms with E-state index in [0.717, 1.165) is 13.1 Å². The number of carboxylic acid groups (broad SMARTS) is 2. The normalized spacial score (nSPS) is 10.5. The summed E-state index contributed by atoms with van der Waals surface area (Å²) in [6.45, 7) is 6.15. The van der Waals surface area contributed by atoms with E-state index in [0.29, 0.717) is 0 Å². The van der Waals surface area contributed by atoms with Crippen molar-refractivity contribution in [3.63, 3.8) is 0 Å². The molecule has 0 amide bonds. The van der Waals surface area contributed by atoms with Crippen molar-refractivity contribution in [2.24, 2.45) is 11.7 Å². The number of unbranched alkanes of at least 4 members (excludes halogenated alkanes) is 2. The number of nitrogens with one attached hydrogen (secondary N) is 2. The molecule has 0 aliphatic carbocycles. The minimum atomic E-state index is -1.79. The Kier molecular flexibility index (Phi) is 24.8. The summed E-state index contributed by atoms with van der Waals surface area (Å²) < 4.78 is 0. The molecule has 1 unspecified atom stereocenters. The van der Waals surface area contributed by atoms with Gasteiger partial charge in [-0.2, -0.15) is 0 Å². The largest absolute Gasteiger partial charge is 0.481 e. The Bertz CT molecular complexity index is 226. The first-order valence-electron chi connectivity index (χ1n) is 6.86. The number of aliphatic hydroxyl groups excluding tert-OH is 1. The summed E-state index contributed by atoms with van der Waals surface area (Å²) in [5.74, 6) is 7.08. The molecule has 9 nitrogen and oxygen atoms in total. The lowest BCUT2D eigenvalue weighted by Crippen LogP contribution is -2.22. The lowest BCUT2D eigenvalue weighted by Gasteiger charge is -1.97. The zero-order chi connectivity index (χ0) is 17.1. The van der Waals surface area contributed by atoms with Crippen LogP contribution < -0.4 is 22.5 Å². The zero-order valence-corrected chi connectivity index (χ0v) is 12.8. The van der Waals surface area contributed by atoms with Gasteiger partial charge in [-0.3, -0.25) is 27.3 Å². The number of aliphatic carboxylic acids is 2. The minimum Gasteiger partial charge on any atom is -0.481 e. The first-order valence-corrected chi connectivity index (χ1v) is 6.86. The molecule has 21 heavy (non-hydrogen) atoms. The highest BCUT2D eigenvalue weighted by Crippen LogP contribution is 1.89. The van der Waals surface area contributed by atoms with Gasteiger partial charge in [-0.25, -0.2) is 4.79 Å². The number of rotatable bonds is 9. The molecule has 0 aliphatic heterocycles. The molecule has 0 aromatic rings. The molecule has 0 bridgehead atoms. The highest BCUT2D eigenvalue weighted by molar-refractivity contribution is 5.79. The maximum absolute atomic E-state index is 9.72. The fraction of sp³-hybridized carbons (Fsp3) is 0.833. The van der Waals surface area contributed by atoms with Gasteiger partial charge in [-0.15, -0.1) is 0 Å². The molecule has 0 fully saturated rings. The molecule has 0 spiro atoms. The van der Waals surface area contributed by atoms with Crippen LogP contribution in [0, 0.1) is 0 Å². The summed E-state index contributed by atoms with van der Waals surface area (Å²) in [5, 5.41) is 24.1. The third kappa shape index (κ3) is 32.4. The smallest absolute Gasteiger partial charge is 0.333 e. The Morgan fingerprint density at radius 3 is 1.48 bits per heavy atom. The number of hydrogen-bond acceptors (Lipinski definition) is 7. The van der Waals surface area contributed by atoms with Crippen molar-refractivity contribution in [1.29, 1.82) is 0 Å². The van der Waals surface area contributed by atoms with Gasteiger partial charge in [-0.05, 0) is 12.8 Å². The summed E-state index contributed by atoms with van der Waals surface area (Å²) in [6, 6.07) is 0. The zero-order valence-electron chi connectivity index (χ0n) is 12.8. The predicted molar refractivity (Wildman–Crippen MR) is 80.1 cm³/mol. The van der Waals surface area contributed by atoms with Crippen LogP contribution in [0.3, 0.4) is 0 Å². The molecule has 9 heteroatoms. The van der Waals surface area contributed by atoms with Crippen LogP contribution in [0.1, 0.15) is 46.0 Å². The number of hydrogen-bond donors (Lipinski definition) is 7. The van der Waals surface area contributed by atoms with E-state index in [1.165, 1.54) is 25.7 Å². The number of carboxylic acids is 2. The van der Waals surface area contributed by atoms with Gasteiger partial charge in [0.2, 0.25) is 0 Å². The third-order valence-corrected chi connectivity index (χ3v) is 2.00. The van der Waals surface area contributed by atoms with Crippen LogP contribution in [0.25, 0.3) is 0 Å². The Morgan fingerprint density at radius 1 is 1.00 bits per heavy atom. The topological polar surface area (TPSA) is 171 Å². The molecule has 0 saturated heterocycles. The summed E-state index contributed by atoms with van der Waals surface area (Å²) in [7, 11) is 0. The van der Waals surface area contributed by atoms with Crippen LogP contribution in [-0.2, 0) is 9.59 Å². The van der Waals surface area contributed by atoms with Crippen LogP contribution in [0.2, 0.25) is 0 Å². The Morgan fingerprint density at radius 2 is 1.38 bits per heavy atom. The third-order valence-electron chi connectivity index (χ3n) is 2.00. The van der Waals surface area contributed by atoms with Crippen LogP contribution >= 0.6 is 0 Å². The second kappa shape index (κ2) is 21.0. The number of carbonyl (C=O) groups is 2. The van der Waals surface area contributed by atoms with Gasteiger partial charge in [0.15, 0.2) is 6.10 Å². The molecular formula is C12H30N4O5. The van der Waals surface area contributed by atoms with E-state index >= 15 is 0 Å². The van der Waals surface area contributed by atoms with Crippen molar-refractivity contribution < 1.29 is 24.9 Å². The van der Waals surface area contributed by atoms with Crippen molar-refractivity contribution in [2.45, 2.75) is 52.1 Å². The van der Waals surface area contributed by atoms with Crippen molar-refractivity contribution in [3.05, 3.63) is 0 Å². The second-order valence-corrected chi connectivity index (χ2v) is 4.07. The summed E-state index contributed by atoms with van der Waals surface area (Å²) >= 11 is 0. The Labute approximate surface area is 125 Å². The summed E-state index contributed by atoms with van der Waals surface area (Å²) in [6.07, 6.45) is 2.24. The Balaban J connectivity index is -0.000000240. The quantitative estimate of drug-likeness (QED) is 0.167. The molecule has 1 atom stereocenters. The van der Waals surface area contributed by atoms with Gasteiger partial charge < -0.3 is 15.3 Å². The van der Waals surface area contributed by atoms with Crippen LogP contribution in [0.4, 0.5) is 0 Å². The molecule has 0 radical (unpaired) electrons. The van der Waals surface area contributed by atoms with Gasteiger partial charge in [0.1, 0.15) is 0 Å². The number of hydrazine groups is 2. The molecule has 0 aromatic heterocycles. The fourth-order valence-electron chi connectivity index (χ4n) is 0.810. The van der Waals surface area contributed by atoms with Crippen LogP contribution in [0.5, 0.6) is 0 Å². The monoisotopic (exact) mass is 310 g/mol. The van der Waals surface area contributed by atoms with Crippen molar-refractivity contribution in [2.75, 3.05) is 13.1 Å². The first kappa shape index (κ1) is 24.7. The van der Waals surface area contributed by atoms with Crippen molar-refractivity contribution in [1.82, 2.24) is 10.9 Å².